The first-order valence-corrected chi connectivity index (χ1v) is 7.72. The number of nitro groups is 1. The van der Waals surface area contributed by atoms with Crippen molar-refractivity contribution in [1.82, 2.24) is 4.98 Å². The molecule has 0 bridgehead atoms. The van der Waals surface area contributed by atoms with Crippen LogP contribution in [0.25, 0.3) is 0 Å². The minimum Gasteiger partial charge on any atom is -0.385 e. The van der Waals surface area contributed by atoms with E-state index in [4.69, 9.17) is 0 Å². The number of nitrogens with zero attached hydrogens (tertiary/aromatic N) is 2. The molecule has 0 amide bonds. The van der Waals surface area contributed by atoms with Gasteiger partial charge in [0.2, 0.25) is 0 Å². The van der Waals surface area contributed by atoms with Crippen molar-refractivity contribution in [2.24, 2.45) is 0 Å². The third-order valence-corrected chi connectivity index (χ3v) is 3.70. The molecule has 0 spiro atoms. The monoisotopic (exact) mass is 306 g/mol. The number of thiazole rings is 1. The van der Waals surface area contributed by atoms with Crippen molar-refractivity contribution >= 4 is 28.4 Å². The Morgan fingerprint density at radius 2 is 1.95 bits per heavy atom. The second-order valence-electron chi connectivity index (χ2n) is 4.56. The van der Waals surface area contributed by atoms with Gasteiger partial charge in [0.05, 0.1) is 9.93 Å². The molecule has 2 rings (SSSR count). The van der Waals surface area contributed by atoms with Crippen LogP contribution in [-0.4, -0.2) is 23.0 Å². The third-order valence-electron chi connectivity index (χ3n) is 2.86. The van der Waals surface area contributed by atoms with Crippen LogP contribution in [0.4, 0.5) is 17.1 Å². The van der Waals surface area contributed by atoms with Gasteiger partial charge < -0.3 is 10.6 Å². The molecule has 0 saturated heterocycles. The fraction of sp³-hybridized carbons (Fsp3) is 0.357. The lowest BCUT2D eigenvalue weighted by molar-refractivity contribution is -0.384. The van der Waals surface area contributed by atoms with Crippen LogP contribution < -0.4 is 10.6 Å². The summed E-state index contributed by atoms with van der Waals surface area (Å²) in [4.78, 5) is 14.8. The highest BCUT2D eigenvalue weighted by atomic mass is 32.1. The van der Waals surface area contributed by atoms with Crippen molar-refractivity contribution in [1.29, 1.82) is 0 Å². The van der Waals surface area contributed by atoms with Crippen LogP contribution in [0.3, 0.4) is 0 Å². The molecule has 2 N–H and O–H groups in total. The van der Waals surface area contributed by atoms with Crippen LogP contribution in [0.2, 0.25) is 0 Å². The summed E-state index contributed by atoms with van der Waals surface area (Å²) in [7, 11) is 0. The minimum atomic E-state index is -0.372. The quantitative estimate of drug-likeness (QED) is 0.576. The Morgan fingerprint density at radius 1 is 1.24 bits per heavy atom. The minimum absolute atomic E-state index is 0.0906. The maximum atomic E-state index is 11.0. The molecule has 0 radical (unpaired) electrons. The van der Waals surface area contributed by atoms with Crippen LogP contribution in [0, 0.1) is 10.1 Å². The van der Waals surface area contributed by atoms with Gasteiger partial charge in [0, 0.05) is 54.6 Å². The van der Waals surface area contributed by atoms with Crippen LogP contribution in [0.15, 0.2) is 29.8 Å². The summed E-state index contributed by atoms with van der Waals surface area (Å²) < 4.78 is 0. The molecule has 1 aromatic carbocycles. The zero-order valence-corrected chi connectivity index (χ0v) is 12.7. The maximum Gasteiger partial charge on any atom is 0.273 e. The van der Waals surface area contributed by atoms with Crippen molar-refractivity contribution in [3.63, 3.8) is 0 Å². The lowest BCUT2D eigenvalue weighted by Crippen LogP contribution is -2.06. The van der Waals surface area contributed by atoms with Gasteiger partial charge in [-0.05, 0) is 12.5 Å². The van der Waals surface area contributed by atoms with E-state index in [1.165, 1.54) is 0 Å². The first-order chi connectivity index (χ1) is 10.2. The standard InChI is InChI=1S/C14H18N4O2S/c1-2-4-15-11-8-12(10-13(9-11)18(19)20)16-5-3-14-17-6-7-21-14/h6-10,15-16H,2-5H2,1H3. The number of aromatic nitrogens is 1. The smallest absolute Gasteiger partial charge is 0.273 e. The van der Waals surface area contributed by atoms with Gasteiger partial charge in [0.1, 0.15) is 0 Å². The number of rotatable bonds is 8. The first kappa shape index (κ1) is 15.2. The molecule has 112 valence electrons. The van der Waals surface area contributed by atoms with Crippen molar-refractivity contribution in [3.05, 3.63) is 44.9 Å². The molecule has 0 fully saturated rings. The number of nitro benzene ring substituents is 1. The highest BCUT2D eigenvalue weighted by Gasteiger charge is 2.09. The van der Waals surface area contributed by atoms with E-state index in [1.54, 1.807) is 29.7 Å². The van der Waals surface area contributed by atoms with E-state index >= 15 is 0 Å². The van der Waals surface area contributed by atoms with Crippen molar-refractivity contribution in [2.75, 3.05) is 23.7 Å². The lowest BCUT2D eigenvalue weighted by atomic mass is 10.2. The molecule has 1 aromatic heterocycles. The van der Waals surface area contributed by atoms with Gasteiger partial charge in [0.25, 0.3) is 5.69 Å². The zero-order valence-electron chi connectivity index (χ0n) is 11.8. The molecular weight excluding hydrogens is 288 g/mol. The van der Waals surface area contributed by atoms with Gasteiger partial charge in [-0.3, -0.25) is 10.1 Å². The zero-order chi connectivity index (χ0) is 15.1. The van der Waals surface area contributed by atoms with Gasteiger partial charge >= 0.3 is 0 Å². The van der Waals surface area contributed by atoms with Gasteiger partial charge in [-0.2, -0.15) is 0 Å². The Labute approximate surface area is 127 Å². The van der Waals surface area contributed by atoms with Crippen LogP contribution in [-0.2, 0) is 6.42 Å². The third kappa shape index (κ3) is 4.71. The second kappa shape index (κ2) is 7.58. The normalized spacial score (nSPS) is 10.3. The molecule has 0 aliphatic rings. The largest absolute Gasteiger partial charge is 0.385 e. The molecule has 1 heterocycles. The van der Waals surface area contributed by atoms with Crippen LogP contribution in [0.5, 0.6) is 0 Å². The summed E-state index contributed by atoms with van der Waals surface area (Å²) in [5, 5.41) is 20.4. The van der Waals surface area contributed by atoms with E-state index in [0.717, 1.165) is 35.8 Å². The summed E-state index contributed by atoms with van der Waals surface area (Å²) in [6.07, 6.45) is 3.55. The Kier molecular flexibility index (Phi) is 5.51. The van der Waals surface area contributed by atoms with Crippen molar-refractivity contribution in [2.45, 2.75) is 19.8 Å². The van der Waals surface area contributed by atoms with E-state index in [2.05, 4.69) is 22.5 Å². The van der Waals surface area contributed by atoms with Gasteiger partial charge in [0.15, 0.2) is 0 Å². The number of benzene rings is 1. The van der Waals surface area contributed by atoms with Crippen LogP contribution >= 0.6 is 11.3 Å². The van der Waals surface area contributed by atoms with Gasteiger partial charge in [-0.1, -0.05) is 6.92 Å². The predicted octanol–water partition coefficient (Wildman–Crippen LogP) is 3.53. The summed E-state index contributed by atoms with van der Waals surface area (Å²) in [6, 6.07) is 5.01. The first-order valence-electron chi connectivity index (χ1n) is 6.84. The number of hydrogen-bond donors (Lipinski definition) is 2. The Bertz CT molecular complexity index is 587. The van der Waals surface area contributed by atoms with Crippen molar-refractivity contribution in [3.8, 4) is 0 Å². The van der Waals surface area contributed by atoms with E-state index in [0.29, 0.717) is 6.54 Å². The average Bonchev–Trinajstić information content (AvgIpc) is 2.98. The van der Waals surface area contributed by atoms with E-state index in [9.17, 15) is 10.1 Å². The van der Waals surface area contributed by atoms with Crippen molar-refractivity contribution < 1.29 is 4.92 Å². The fourth-order valence-corrected chi connectivity index (χ4v) is 2.50. The predicted molar refractivity (Wildman–Crippen MR) is 86.2 cm³/mol. The topological polar surface area (TPSA) is 80.1 Å². The molecule has 21 heavy (non-hydrogen) atoms. The molecule has 0 unspecified atom stereocenters. The van der Waals surface area contributed by atoms with Gasteiger partial charge in [-0.25, -0.2) is 4.98 Å². The highest BCUT2D eigenvalue weighted by molar-refractivity contribution is 7.09. The van der Waals surface area contributed by atoms with Gasteiger partial charge in [-0.15, -0.1) is 11.3 Å². The molecule has 0 aliphatic heterocycles. The van der Waals surface area contributed by atoms with E-state index < -0.39 is 0 Å². The molecule has 0 aliphatic carbocycles. The molecule has 0 saturated carbocycles. The Balaban J connectivity index is 2.02. The van der Waals surface area contributed by atoms with E-state index in [1.807, 2.05) is 11.4 Å². The average molecular weight is 306 g/mol. The molecule has 2 aromatic rings. The Morgan fingerprint density at radius 3 is 2.52 bits per heavy atom. The number of nitrogens with one attached hydrogen (secondary N) is 2. The van der Waals surface area contributed by atoms with E-state index in [-0.39, 0.29) is 10.6 Å². The summed E-state index contributed by atoms with van der Waals surface area (Å²) in [5.41, 5.74) is 1.61. The fourth-order valence-electron chi connectivity index (χ4n) is 1.88. The molecule has 0 atom stereocenters. The Hall–Kier alpha value is -2.15. The summed E-state index contributed by atoms with van der Waals surface area (Å²) in [5.74, 6) is 0. The molecular formula is C14H18N4O2S. The number of non-ortho nitro benzene ring substituents is 1. The molecule has 7 heteroatoms. The molecule has 6 nitrogen and oxygen atoms in total. The lowest BCUT2D eigenvalue weighted by Gasteiger charge is -2.09. The maximum absolute atomic E-state index is 11.0. The summed E-state index contributed by atoms with van der Waals surface area (Å²) in [6.45, 7) is 3.54. The highest BCUT2D eigenvalue weighted by Crippen LogP contribution is 2.24. The second-order valence-corrected chi connectivity index (χ2v) is 5.53. The summed E-state index contributed by atoms with van der Waals surface area (Å²) >= 11 is 1.61. The van der Waals surface area contributed by atoms with Crippen LogP contribution in [0.1, 0.15) is 18.4 Å². The SMILES string of the molecule is CCCNc1cc(NCCc2nccs2)cc([N+](=O)[O-])c1. The number of anilines is 2. The number of hydrogen-bond acceptors (Lipinski definition) is 6.